The van der Waals surface area contributed by atoms with Gasteiger partial charge in [-0.15, -0.1) is 11.6 Å². The average Bonchev–Trinajstić information content (AvgIpc) is 2.87. The molecule has 0 aliphatic carbocycles. The summed E-state index contributed by atoms with van der Waals surface area (Å²) < 4.78 is 5.65. The minimum atomic E-state index is -0.0910. The normalized spacial score (nSPS) is 24.5. The first kappa shape index (κ1) is 12.9. The Morgan fingerprint density at radius 3 is 3.00 bits per heavy atom. The van der Waals surface area contributed by atoms with Gasteiger partial charge in [-0.05, 0) is 42.9 Å². The van der Waals surface area contributed by atoms with Crippen molar-refractivity contribution in [3.8, 4) is 0 Å². The summed E-state index contributed by atoms with van der Waals surface area (Å²) in [5.74, 6) is 0.105. The number of benzene rings is 1. The largest absolute Gasteiger partial charge is 0.376 e. The van der Waals surface area contributed by atoms with Crippen molar-refractivity contribution >= 4 is 23.2 Å². The van der Waals surface area contributed by atoms with Gasteiger partial charge < -0.3 is 10.1 Å². The van der Waals surface area contributed by atoms with Crippen LogP contribution >= 0.6 is 11.6 Å². The number of ether oxygens (including phenoxy) is 1. The number of anilines is 1. The van der Waals surface area contributed by atoms with Crippen molar-refractivity contribution in [2.75, 3.05) is 11.9 Å². The van der Waals surface area contributed by atoms with Crippen molar-refractivity contribution in [2.24, 2.45) is 0 Å². The van der Waals surface area contributed by atoms with Crippen LogP contribution in [0.5, 0.6) is 0 Å². The van der Waals surface area contributed by atoms with E-state index in [0.29, 0.717) is 6.42 Å². The zero-order chi connectivity index (χ0) is 13.2. The first-order chi connectivity index (χ1) is 9.24. The van der Waals surface area contributed by atoms with E-state index in [-0.39, 0.29) is 17.4 Å². The average molecular weight is 280 g/mol. The van der Waals surface area contributed by atoms with Crippen molar-refractivity contribution in [1.82, 2.24) is 0 Å². The van der Waals surface area contributed by atoms with E-state index in [4.69, 9.17) is 16.3 Å². The number of nitrogens with one attached hydrogen (secondary N) is 1. The van der Waals surface area contributed by atoms with Crippen LogP contribution in [0.15, 0.2) is 18.2 Å². The van der Waals surface area contributed by atoms with Crippen molar-refractivity contribution < 1.29 is 9.53 Å². The predicted octanol–water partition coefficient (Wildman–Crippen LogP) is 3.42. The lowest BCUT2D eigenvalue weighted by molar-refractivity contribution is -0.116. The third-order valence-corrected chi connectivity index (χ3v) is 4.40. The van der Waals surface area contributed by atoms with E-state index in [1.54, 1.807) is 0 Å². The van der Waals surface area contributed by atoms with Crippen LogP contribution in [-0.2, 0) is 16.0 Å². The number of hydrogen-bond acceptors (Lipinski definition) is 2. The maximum absolute atomic E-state index is 11.5. The molecule has 4 heteroatoms. The van der Waals surface area contributed by atoms with E-state index >= 15 is 0 Å². The van der Waals surface area contributed by atoms with Crippen LogP contribution in [0.4, 0.5) is 5.69 Å². The molecule has 2 unspecified atom stereocenters. The number of fused-ring (bicyclic) bond motifs is 1. The molecular weight excluding hydrogens is 262 g/mol. The molecular formula is C15H18ClNO2. The summed E-state index contributed by atoms with van der Waals surface area (Å²) in [6.07, 6.45) is 4.67. The number of amides is 1. The molecule has 102 valence electrons. The van der Waals surface area contributed by atoms with Crippen LogP contribution in [0.25, 0.3) is 0 Å². The molecule has 1 aromatic carbocycles. The van der Waals surface area contributed by atoms with Gasteiger partial charge in [0.1, 0.15) is 0 Å². The molecule has 1 N–H and O–H groups in total. The van der Waals surface area contributed by atoms with Gasteiger partial charge in [0, 0.05) is 18.7 Å². The van der Waals surface area contributed by atoms with Crippen LogP contribution in [0.2, 0.25) is 0 Å². The Kier molecular flexibility index (Phi) is 3.76. The third kappa shape index (κ3) is 2.77. The summed E-state index contributed by atoms with van der Waals surface area (Å²) in [7, 11) is 0. The highest BCUT2D eigenvalue weighted by atomic mass is 35.5. The molecule has 1 fully saturated rings. The van der Waals surface area contributed by atoms with Gasteiger partial charge in [-0.2, -0.15) is 0 Å². The third-order valence-electron chi connectivity index (χ3n) is 3.86. The Morgan fingerprint density at radius 2 is 2.21 bits per heavy atom. The maximum Gasteiger partial charge on any atom is 0.224 e. The predicted molar refractivity (Wildman–Crippen MR) is 75.6 cm³/mol. The monoisotopic (exact) mass is 279 g/mol. The van der Waals surface area contributed by atoms with E-state index in [9.17, 15) is 4.79 Å². The quantitative estimate of drug-likeness (QED) is 0.843. The zero-order valence-corrected chi connectivity index (χ0v) is 11.6. The van der Waals surface area contributed by atoms with E-state index in [1.165, 1.54) is 5.56 Å². The summed E-state index contributed by atoms with van der Waals surface area (Å²) >= 11 is 6.51. The summed E-state index contributed by atoms with van der Waals surface area (Å²) in [6.45, 7) is 0.814. The van der Waals surface area contributed by atoms with Gasteiger partial charge in [0.2, 0.25) is 5.91 Å². The van der Waals surface area contributed by atoms with E-state index < -0.39 is 0 Å². The molecule has 0 radical (unpaired) electrons. The van der Waals surface area contributed by atoms with Crippen LogP contribution in [-0.4, -0.2) is 18.6 Å². The van der Waals surface area contributed by atoms with Gasteiger partial charge in [0.05, 0.1) is 11.5 Å². The van der Waals surface area contributed by atoms with Gasteiger partial charge in [-0.25, -0.2) is 0 Å². The Morgan fingerprint density at radius 1 is 1.32 bits per heavy atom. The molecule has 2 aliphatic heterocycles. The fourth-order valence-electron chi connectivity index (χ4n) is 2.81. The molecule has 1 amide bonds. The molecule has 0 saturated carbocycles. The number of aryl methyl sites for hydroxylation is 1. The molecule has 1 saturated heterocycles. The number of carbonyl (C=O) groups excluding carboxylic acids is 1. The molecule has 0 aromatic heterocycles. The first-order valence-electron chi connectivity index (χ1n) is 6.92. The lowest BCUT2D eigenvalue weighted by atomic mass is 9.99. The molecule has 2 aliphatic rings. The molecule has 3 nitrogen and oxygen atoms in total. The highest BCUT2D eigenvalue weighted by molar-refractivity contribution is 6.21. The van der Waals surface area contributed by atoms with Crippen molar-refractivity contribution in [3.05, 3.63) is 29.3 Å². The van der Waals surface area contributed by atoms with Crippen LogP contribution in [0.1, 0.15) is 42.2 Å². The van der Waals surface area contributed by atoms with Crippen molar-refractivity contribution in [2.45, 2.75) is 43.6 Å². The lowest BCUT2D eigenvalue weighted by Crippen LogP contribution is -2.13. The maximum atomic E-state index is 11.5. The van der Waals surface area contributed by atoms with Gasteiger partial charge in [0.15, 0.2) is 0 Å². The van der Waals surface area contributed by atoms with Gasteiger partial charge >= 0.3 is 0 Å². The summed E-state index contributed by atoms with van der Waals surface area (Å²) in [5.41, 5.74) is 3.22. The summed E-state index contributed by atoms with van der Waals surface area (Å²) in [5, 5.41) is 2.85. The van der Waals surface area contributed by atoms with Crippen LogP contribution < -0.4 is 5.32 Å². The van der Waals surface area contributed by atoms with Crippen molar-refractivity contribution in [1.29, 1.82) is 0 Å². The molecule has 1 aromatic rings. The first-order valence-corrected chi connectivity index (χ1v) is 7.36. The Labute approximate surface area is 118 Å². The van der Waals surface area contributed by atoms with Crippen LogP contribution in [0, 0.1) is 0 Å². The number of alkyl halides is 1. The summed E-state index contributed by atoms with van der Waals surface area (Å²) in [4.78, 5) is 11.5. The molecule has 2 atom stereocenters. The van der Waals surface area contributed by atoms with Crippen LogP contribution in [0.3, 0.4) is 0 Å². The lowest BCUT2D eigenvalue weighted by Gasteiger charge is -2.18. The number of carbonyl (C=O) groups is 1. The smallest absolute Gasteiger partial charge is 0.224 e. The molecule has 0 bridgehead atoms. The van der Waals surface area contributed by atoms with E-state index in [0.717, 1.165) is 43.5 Å². The van der Waals surface area contributed by atoms with Gasteiger partial charge in [-0.1, -0.05) is 12.1 Å². The Bertz CT molecular complexity index is 483. The number of hydrogen-bond donors (Lipinski definition) is 1. The molecule has 19 heavy (non-hydrogen) atoms. The highest BCUT2D eigenvalue weighted by Gasteiger charge is 2.26. The second kappa shape index (κ2) is 5.51. The molecule has 0 spiro atoms. The fourth-order valence-corrected chi connectivity index (χ4v) is 3.15. The van der Waals surface area contributed by atoms with Gasteiger partial charge in [0.25, 0.3) is 0 Å². The number of rotatable bonds is 2. The SMILES string of the molecule is O=C1CCCc2cc(C(Cl)C3CCCO3)ccc2N1. The van der Waals surface area contributed by atoms with E-state index in [2.05, 4.69) is 11.4 Å². The number of halogens is 1. The van der Waals surface area contributed by atoms with E-state index in [1.807, 2.05) is 12.1 Å². The fraction of sp³-hybridized carbons (Fsp3) is 0.533. The highest BCUT2D eigenvalue weighted by Crippen LogP contribution is 2.34. The van der Waals surface area contributed by atoms with Gasteiger partial charge in [-0.3, -0.25) is 4.79 Å². The molecule has 3 rings (SSSR count). The topological polar surface area (TPSA) is 38.3 Å². The van der Waals surface area contributed by atoms with Crippen molar-refractivity contribution in [3.63, 3.8) is 0 Å². The second-order valence-electron chi connectivity index (χ2n) is 5.27. The Balaban J connectivity index is 1.84. The minimum absolute atomic E-state index is 0.0910. The summed E-state index contributed by atoms with van der Waals surface area (Å²) in [6, 6.07) is 6.10. The standard InChI is InChI=1S/C15H18ClNO2/c16-15(13-4-2-8-19-13)11-6-7-12-10(9-11)3-1-5-14(18)17-12/h6-7,9,13,15H,1-5,8H2,(H,17,18). The second-order valence-corrected chi connectivity index (χ2v) is 5.74. The molecule has 2 heterocycles. The Hall–Kier alpha value is -1.06. The minimum Gasteiger partial charge on any atom is -0.376 e. The zero-order valence-electron chi connectivity index (χ0n) is 10.8.